The van der Waals surface area contributed by atoms with Gasteiger partial charge in [-0.15, -0.1) is 0 Å². The van der Waals surface area contributed by atoms with Crippen LogP contribution >= 0.6 is 23.2 Å². The van der Waals surface area contributed by atoms with Crippen molar-refractivity contribution in [2.75, 3.05) is 5.32 Å². The molecule has 0 aromatic heterocycles. The van der Waals surface area contributed by atoms with Crippen molar-refractivity contribution in [1.29, 1.82) is 0 Å². The topological polar surface area (TPSA) is 66.4 Å². The maximum absolute atomic E-state index is 12.5. The van der Waals surface area contributed by atoms with Crippen molar-refractivity contribution in [2.45, 2.75) is 32.8 Å². The molecule has 2 N–H and O–H groups in total. The Kier molecular flexibility index (Phi) is 5.88. The van der Waals surface area contributed by atoms with Crippen LogP contribution in [0.25, 0.3) is 0 Å². The third-order valence-electron chi connectivity index (χ3n) is 3.92. The number of hydrogen-bond acceptors (Lipinski definition) is 3. The molecule has 1 atom stereocenters. The molecule has 4 nitrogen and oxygen atoms in total. The normalized spacial score (nSPS) is 18.1. The summed E-state index contributed by atoms with van der Waals surface area (Å²) in [6, 6.07) is 9.93. The van der Waals surface area contributed by atoms with Gasteiger partial charge in [0.2, 0.25) is 0 Å². The smallest absolute Gasteiger partial charge is 0.261 e. The molecule has 6 heteroatoms. The molecule has 2 aromatic rings. The zero-order valence-corrected chi connectivity index (χ0v) is 15.7. The van der Waals surface area contributed by atoms with E-state index in [4.69, 9.17) is 23.2 Å². The summed E-state index contributed by atoms with van der Waals surface area (Å²) in [5.74, 6) is -1.06. The third-order valence-corrected chi connectivity index (χ3v) is 4.55. The molecule has 0 aliphatic carbocycles. The molecule has 0 spiro atoms. The molecule has 0 saturated carbocycles. The van der Waals surface area contributed by atoms with Crippen molar-refractivity contribution < 1.29 is 14.7 Å². The molecule has 0 bridgehead atoms. The van der Waals surface area contributed by atoms with E-state index in [0.717, 1.165) is 5.56 Å². The summed E-state index contributed by atoms with van der Waals surface area (Å²) in [5.41, 5.74) is -0.192. The van der Waals surface area contributed by atoms with Crippen LogP contribution in [-0.2, 0) is 10.4 Å². The van der Waals surface area contributed by atoms with Crippen molar-refractivity contribution in [3.63, 3.8) is 0 Å². The van der Waals surface area contributed by atoms with E-state index in [1.807, 2.05) is 20.8 Å². The van der Waals surface area contributed by atoms with Crippen LogP contribution in [0.1, 0.15) is 41.8 Å². The van der Waals surface area contributed by atoms with Crippen LogP contribution in [0, 0.1) is 6.92 Å². The number of aryl methyl sites for hydroxylation is 1. The number of fused-ring (bicyclic) bond motifs is 1. The Morgan fingerprint density at radius 2 is 1.64 bits per heavy atom. The maximum atomic E-state index is 12.5. The number of halogens is 2. The van der Waals surface area contributed by atoms with Gasteiger partial charge >= 0.3 is 0 Å². The molecule has 3 rings (SSSR count). The second-order valence-corrected chi connectivity index (χ2v) is 6.37. The number of Topliss-reactive ketones (excluding diaryl/α,β-unsaturated/α-hetero) is 1. The number of rotatable bonds is 3. The lowest BCUT2D eigenvalue weighted by Crippen LogP contribution is -2.36. The van der Waals surface area contributed by atoms with Gasteiger partial charge < -0.3 is 10.4 Å². The van der Waals surface area contributed by atoms with Gasteiger partial charge in [0.15, 0.2) is 11.4 Å². The molecule has 0 saturated heterocycles. The summed E-state index contributed by atoms with van der Waals surface area (Å²) in [5, 5.41) is 13.8. The summed E-state index contributed by atoms with van der Waals surface area (Å²) in [7, 11) is 0. The van der Waals surface area contributed by atoms with Crippen molar-refractivity contribution in [1.82, 2.24) is 0 Å². The number of amides is 1. The van der Waals surface area contributed by atoms with E-state index in [-0.39, 0.29) is 27.1 Å². The molecule has 1 aliphatic rings. The highest BCUT2D eigenvalue weighted by atomic mass is 35.5. The second kappa shape index (κ2) is 7.56. The van der Waals surface area contributed by atoms with Crippen LogP contribution in [0.15, 0.2) is 36.4 Å². The van der Waals surface area contributed by atoms with Gasteiger partial charge in [0.25, 0.3) is 5.91 Å². The van der Waals surface area contributed by atoms with E-state index in [0.29, 0.717) is 5.56 Å². The Morgan fingerprint density at radius 1 is 1.08 bits per heavy atom. The molecule has 1 aliphatic heterocycles. The quantitative estimate of drug-likeness (QED) is 0.756. The summed E-state index contributed by atoms with van der Waals surface area (Å²) in [6.07, 6.45) is -0.408. The monoisotopic (exact) mass is 379 g/mol. The fourth-order valence-corrected chi connectivity index (χ4v) is 3.17. The number of hydrogen-bond donors (Lipinski definition) is 2. The van der Waals surface area contributed by atoms with Gasteiger partial charge in [-0.1, -0.05) is 66.9 Å². The first-order valence-corrected chi connectivity index (χ1v) is 8.70. The largest absolute Gasteiger partial charge is 0.375 e. The van der Waals surface area contributed by atoms with Crippen LogP contribution in [-0.4, -0.2) is 16.8 Å². The minimum atomic E-state index is -2.03. The van der Waals surface area contributed by atoms with Crippen LogP contribution < -0.4 is 5.32 Å². The van der Waals surface area contributed by atoms with E-state index in [9.17, 15) is 14.7 Å². The highest BCUT2D eigenvalue weighted by molar-refractivity contribution is 6.38. The van der Waals surface area contributed by atoms with Gasteiger partial charge in [0, 0.05) is 16.1 Å². The molecular formula is C19H19Cl2NO3. The first kappa shape index (κ1) is 19.4. The molecule has 0 fully saturated rings. The summed E-state index contributed by atoms with van der Waals surface area (Å²) < 4.78 is 0. The number of carbonyl (C=O) groups is 2. The number of benzene rings is 2. The van der Waals surface area contributed by atoms with Crippen molar-refractivity contribution in [2.24, 2.45) is 0 Å². The van der Waals surface area contributed by atoms with Gasteiger partial charge in [-0.2, -0.15) is 0 Å². The van der Waals surface area contributed by atoms with Gasteiger partial charge in [0.05, 0.1) is 17.1 Å². The minimum absolute atomic E-state index is 0.150. The van der Waals surface area contributed by atoms with Crippen molar-refractivity contribution in [3.8, 4) is 0 Å². The first-order chi connectivity index (χ1) is 11.8. The van der Waals surface area contributed by atoms with Crippen LogP contribution in [0.5, 0.6) is 0 Å². The van der Waals surface area contributed by atoms with E-state index < -0.39 is 17.9 Å². The SMILES string of the molecule is CC.Cc1ccc(C(=O)CC2(O)C(=O)Nc3c(Cl)ccc(Cl)c32)cc1. The van der Waals surface area contributed by atoms with E-state index in [1.54, 1.807) is 24.3 Å². The van der Waals surface area contributed by atoms with E-state index >= 15 is 0 Å². The Morgan fingerprint density at radius 3 is 2.24 bits per heavy atom. The van der Waals surface area contributed by atoms with Gasteiger partial charge in [-0.05, 0) is 19.1 Å². The summed E-state index contributed by atoms with van der Waals surface area (Å²) in [4.78, 5) is 24.7. The lowest BCUT2D eigenvalue weighted by molar-refractivity contribution is -0.133. The molecule has 25 heavy (non-hydrogen) atoms. The Bertz CT molecular complexity index is 818. The summed E-state index contributed by atoms with van der Waals surface area (Å²) >= 11 is 12.2. The Balaban J connectivity index is 0.00000109. The van der Waals surface area contributed by atoms with Crippen LogP contribution in [0.2, 0.25) is 10.0 Å². The van der Waals surface area contributed by atoms with Crippen molar-refractivity contribution in [3.05, 3.63) is 63.1 Å². The zero-order valence-electron chi connectivity index (χ0n) is 14.2. The Hall–Kier alpha value is -1.88. The third kappa shape index (κ3) is 3.56. The molecule has 1 heterocycles. The predicted molar refractivity (Wildman–Crippen MR) is 100 cm³/mol. The molecule has 0 radical (unpaired) electrons. The average molecular weight is 380 g/mol. The fraction of sp³-hybridized carbons (Fsp3) is 0.263. The predicted octanol–water partition coefficient (Wildman–Crippen LogP) is 4.74. The molecule has 2 aromatic carbocycles. The van der Waals surface area contributed by atoms with Crippen LogP contribution in [0.4, 0.5) is 5.69 Å². The van der Waals surface area contributed by atoms with Gasteiger partial charge in [-0.25, -0.2) is 0 Å². The molecule has 1 amide bonds. The molecule has 1 unspecified atom stereocenters. The van der Waals surface area contributed by atoms with Crippen molar-refractivity contribution >= 4 is 40.6 Å². The lowest BCUT2D eigenvalue weighted by atomic mass is 9.88. The maximum Gasteiger partial charge on any atom is 0.261 e. The number of carbonyl (C=O) groups excluding carboxylic acids is 2. The standard InChI is InChI=1S/C17H13Cl2NO3.C2H6/c1-9-2-4-10(5-3-9)13(21)8-17(23)14-11(18)6-7-12(19)15(14)20-16(17)22;1-2/h2-7,23H,8H2,1H3,(H,20,22);1-2H3. The lowest BCUT2D eigenvalue weighted by Gasteiger charge is -2.21. The number of nitrogens with one attached hydrogen (secondary N) is 1. The number of ketones is 1. The molecular weight excluding hydrogens is 361 g/mol. The average Bonchev–Trinajstić information content (AvgIpc) is 2.86. The van der Waals surface area contributed by atoms with Crippen LogP contribution in [0.3, 0.4) is 0 Å². The van der Waals surface area contributed by atoms with Gasteiger partial charge in [0.1, 0.15) is 0 Å². The highest BCUT2D eigenvalue weighted by Crippen LogP contribution is 2.46. The van der Waals surface area contributed by atoms with E-state index in [1.165, 1.54) is 12.1 Å². The zero-order chi connectivity index (χ0) is 18.8. The first-order valence-electron chi connectivity index (χ1n) is 7.95. The number of anilines is 1. The Labute approximate surface area is 156 Å². The fourth-order valence-electron chi connectivity index (χ4n) is 2.65. The molecule has 132 valence electrons. The van der Waals surface area contributed by atoms with Gasteiger partial charge in [-0.3, -0.25) is 9.59 Å². The summed E-state index contributed by atoms with van der Waals surface area (Å²) in [6.45, 7) is 5.91. The number of aliphatic hydroxyl groups is 1. The van der Waals surface area contributed by atoms with E-state index in [2.05, 4.69) is 5.32 Å². The highest BCUT2D eigenvalue weighted by Gasteiger charge is 2.49. The minimum Gasteiger partial charge on any atom is -0.375 e. The second-order valence-electron chi connectivity index (χ2n) is 5.56.